The highest BCUT2D eigenvalue weighted by molar-refractivity contribution is 5.91. The summed E-state index contributed by atoms with van der Waals surface area (Å²) >= 11 is 0. The lowest BCUT2D eigenvalue weighted by molar-refractivity contribution is -0.116. The number of carbonyl (C=O) groups is 1. The average molecular weight is 361 g/mol. The second-order valence-corrected chi connectivity index (χ2v) is 6.22. The Hall–Kier alpha value is -1.88. The molecule has 2 N–H and O–H groups in total. The van der Waals surface area contributed by atoms with Crippen molar-refractivity contribution in [2.24, 2.45) is 0 Å². The second kappa shape index (κ2) is 10.2. The van der Waals surface area contributed by atoms with Crippen molar-refractivity contribution in [3.63, 3.8) is 0 Å². The Morgan fingerprint density at radius 2 is 1.72 bits per heavy atom. The lowest BCUT2D eigenvalue weighted by Gasteiger charge is -2.11. The maximum Gasteiger partial charge on any atom is 0.225 e. The van der Waals surface area contributed by atoms with E-state index in [-0.39, 0.29) is 18.3 Å². The third-order valence-corrected chi connectivity index (χ3v) is 4.21. The lowest BCUT2D eigenvalue weighted by Crippen LogP contribution is -2.27. The summed E-state index contributed by atoms with van der Waals surface area (Å²) in [6.07, 6.45) is 2.79. The Morgan fingerprint density at radius 1 is 1.04 bits per heavy atom. The molecule has 0 spiro atoms. The number of halogens is 1. The zero-order chi connectivity index (χ0) is 16.6. The van der Waals surface area contributed by atoms with E-state index in [1.807, 2.05) is 42.5 Å². The van der Waals surface area contributed by atoms with Crippen LogP contribution in [0.4, 0.5) is 5.69 Å². The number of nitrogens with one attached hydrogen (secondary N) is 2. The molecule has 0 aromatic heterocycles. The maximum absolute atomic E-state index is 12.0. The first-order chi connectivity index (χ1) is 11.8. The standard InChI is InChI=1S/C20H24N2O2.ClH/c23-20(13-19-7-4-12-21-19)22-18-10-8-17(9-11-18)15-24-14-16-5-2-1-3-6-16;/h1-3,5-6,8-11,19,21H,4,7,12-15H2,(H,22,23);1H. The number of carbonyl (C=O) groups excluding carboxylic acids is 1. The third kappa shape index (κ3) is 6.50. The highest BCUT2D eigenvalue weighted by atomic mass is 35.5. The molecule has 4 nitrogen and oxygen atoms in total. The van der Waals surface area contributed by atoms with Crippen molar-refractivity contribution in [2.75, 3.05) is 11.9 Å². The number of hydrogen-bond acceptors (Lipinski definition) is 3. The Balaban J connectivity index is 0.00000225. The van der Waals surface area contributed by atoms with Gasteiger partial charge in [0.2, 0.25) is 5.91 Å². The average Bonchev–Trinajstić information content (AvgIpc) is 3.10. The summed E-state index contributed by atoms with van der Waals surface area (Å²) in [5.41, 5.74) is 3.10. The quantitative estimate of drug-likeness (QED) is 0.787. The first-order valence-electron chi connectivity index (χ1n) is 8.53. The highest BCUT2D eigenvalue weighted by Crippen LogP contribution is 2.14. The minimum absolute atomic E-state index is 0. The fourth-order valence-corrected chi connectivity index (χ4v) is 2.91. The van der Waals surface area contributed by atoms with Crippen LogP contribution in [0.25, 0.3) is 0 Å². The molecule has 2 aromatic rings. The zero-order valence-corrected chi connectivity index (χ0v) is 15.1. The first kappa shape index (κ1) is 19.4. The van der Waals surface area contributed by atoms with Gasteiger partial charge in [-0.2, -0.15) is 0 Å². The van der Waals surface area contributed by atoms with Gasteiger partial charge in [-0.1, -0.05) is 42.5 Å². The molecule has 0 aliphatic carbocycles. The van der Waals surface area contributed by atoms with Gasteiger partial charge in [-0.15, -0.1) is 12.4 Å². The van der Waals surface area contributed by atoms with E-state index in [9.17, 15) is 4.79 Å². The van der Waals surface area contributed by atoms with Gasteiger partial charge in [-0.25, -0.2) is 0 Å². The van der Waals surface area contributed by atoms with Crippen LogP contribution in [0.15, 0.2) is 54.6 Å². The van der Waals surface area contributed by atoms with Crippen LogP contribution in [0.5, 0.6) is 0 Å². The Kier molecular flexibility index (Phi) is 7.92. The molecule has 1 aliphatic heterocycles. The van der Waals surface area contributed by atoms with Crippen molar-refractivity contribution in [1.82, 2.24) is 5.32 Å². The zero-order valence-electron chi connectivity index (χ0n) is 14.2. The Morgan fingerprint density at radius 3 is 2.36 bits per heavy atom. The van der Waals surface area contributed by atoms with Gasteiger partial charge < -0.3 is 15.4 Å². The van der Waals surface area contributed by atoms with Crippen LogP contribution in [-0.2, 0) is 22.7 Å². The van der Waals surface area contributed by atoms with Crippen LogP contribution >= 0.6 is 12.4 Å². The van der Waals surface area contributed by atoms with Gasteiger partial charge in [0.25, 0.3) is 0 Å². The predicted octanol–water partition coefficient (Wildman–Crippen LogP) is 3.91. The predicted molar refractivity (Wildman–Crippen MR) is 103 cm³/mol. The van der Waals surface area contributed by atoms with Crippen molar-refractivity contribution in [2.45, 2.75) is 38.5 Å². The molecule has 1 atom stereocenters. The van der Waals surface area contributed by atoms with Gasteiger partial charge in [0, 0.05) is 18.2 Å². The van der Waals surface area contributed by atoms with Crippen molar-refractivity contribution < 1.29 is 9.53 Å². The molecule has 2 aromatic carbocycles. The number of anilines is 1. The van der Waals surface area contributed by atoms with Crippen LogP contribution < -0.4 is 10.6 Å². The van der Waals surface area contributed by atoms with Gasteiger partial charge in [-0.3, -0.25) is 4.79 Å². The molecule has 1 fully saturated rings. The van der Waals surface area contributed by atoms with Crippen molar-refractivity contribution in [3.8, 4) is 0 Å². The molecule has 3 rings (SSSR count). The largest absolute Gasteiger partial charge is 0.372 e. The van der Waals surface area contributed by atoms with E-state index in [4.69, 9.17) is 4.74 Å². The molecule has 1 aliphatic rings. The summed E-state index contributed by atoms with van der Waals surface area (Å²) in [6.45, 7) is 2.19. The Bertz CT molecular complexity index is 641. The second-order valence-electron chi connectivity index (χ2n) is 6.22. The number of hydrogen-bond donors (Lipinski definition) is 2. The van der Waals surface area contributed by atoms with Crippen molar-refractivity contribution in [1.29, 1.82) is 0 Å². The minimum Gasteiger partial charge on any atom is -0.372 e. The molecule has 1 unspecified atom stereocenters. The molecular formula is C20H25ClN2O2. The molecular weight excluding hydrogens is 336 g/mol. The smallest absolute Gasteiger partial charge is 0.225 e. The van der Waals surface area contributed by atoms with E-state index < -0.39 is 0 Å². The van der Waals surface area contributed by atoms with Crippen LogP contribution in [0, 0.1) is 0 Å². The molecule has 0 bridgehead atoms. The fraction of sp³-hybridized carbons (Fsp3) is 0.350. The van der Waals surface area contributed by atoms with Crippen molar-refractivity contribution in [3.05, 3.63) is 65.7 Å². The molecule has 1 saturated heterocycles. The van der Waals surface area contributed by atoms with E-state index in [2.05, 4.69) is 22.8 Å². The summed E-state index contributed by atoms with van der Waals surface area (Å²) in [4.78, 5) is 12.0. The van der Waals surface area contributed by atoms with Gasteiger partial charge in [0.15, 0.2) is 0 Å². The summed E-state index contributed by atoms with van der Waals surface area (Å²) < 4.78 is 5.72. The summed E-state index contributed by atoms with van der Waals surface area (Å²) in [7, 11) is 0. The summed E-state index contributed by atoms with van der Waals surface area (Å²) in [5.74, 6) is 0.0717. The lowest BCUT2D eigenvalue weighted by atomic mass is 10.1. The van der Waals surface area contributed by atoms with Crippen LogP contribution in [0.3, 0.4) is 0 Å². The number of benzene rings is 2. The molecule has 134 valence electrons. The summed E-state index contributed by atoms with van der Waals surface area (Å²) in [6, 6.07) is 18.3. The van der Waals surface area contributed by atoms with Crippen LogP contribution in [0.1, 0.15) is 30.4 Å². The van der Waals surface area contributed by atoms with Gasteiger partial charge in [0.05, 0.1) is 13.2 Å². The monoisotopic (exact) mass is 360 g/mol. The normalized spacial score (nSPS) is 16.2. The third-order valence-electron chi connectivity index (χ3n) is 4.21. The van der Waals surface area contributed by atoms with Gasteiger partial charge in [0.1, 0.15) is 0 Å². The summed E-state index contributed by atoms with van der Waals surface area (Å²) in [5, 5.41) is 6.30. The van der Waals surface area contributed by atoms with Crippen molar-refractivity contribution >= 4 is 24.0 Å². The molecule has 0 radical (unpaired) electrons. The highest BCUT2D eigenvalue weighted by Gasteiger charge is 2.17. The topological polar surface area (TPSA) is 50.4 Å². The number of ether oxygens (including phenoxy) is 1. The van der Waals surface area contributed by atoms with E-state index in [0.717, 1.165) is 30.6 Å². The SMILES string of the molecule is Cl.O=C(CC1CCCN1)Nc1ccc(COCc2ccccc2)cc1. The van der Waals surface area contributed by atoms with Crippen LogP contribution in [0.2, 0.25) is 0 Å². The van der Waals surface area contributed by atoms with E-state index >= 15 is 0 Å². The van der Waals surface area contributed by atoms with E-state index in [1.165, 1.54) is 5.56 Å². The number of rotatable bonds is 7. The van der Waals surface area contributed by atoms with Crippen LogP contribution in [-0.4, -0.2) is 18.5 Å². The number of amides is 1. The van der Waals surface area contributed by atoms with E-state index in [1.54, 1.807) is 0 Å². The van der Waals surface area contributed by atoms with Gasteiger partial charge >= 0.3 is 0 Å². The molecule has 1 heterocycles. The Labute approximate surface area is 155 Å². The molecule has 0 saturated carbocycles. The molecule has 25 heavy (non-hydrogen) atoms. The van der Waals surface area contributed by atoms with Gasteiger partial charge in [-0.05, 0) is 42.6 Å². The maximum atomic E-state index is 12.0. The molecule has 5 heteroatoms. The van der Waals surface area contributed by atoms with E-state index in [0.29, 0.717) is 25.7 Å². The minimum atomic E-state index is 0. The first-order valence-corrected chi connectivity index (χ1v) is 8.53. The molecule has 1 amide bonds. The fourth-order valence-electron chi connectivity index (χ4n) is 2.91.